The molecule has 2 aliphatic rings. The Morgan fingerprint density at radius 1 is 0.594 bits per heavy atom. The number of benzene rings is 3. The topological polar surface area (TPSA) is 636 Å². The molecular weight excluding hydrogens is 1400 g/mol. The zero-order chi connectivity index (χ0) is 77.6. The van der Waals surface area contributed by atoms with Crippen molar-refractivity contribution in [1.29, 1.82) is 0 Å². The van der Waals surface area contributed by atoms with Crippen molar-refractivity contribution in [3.8, 4) is 5.75 Å². The molecule has 0 saturated carbocycles. The highest BCUT2D eigenvalue weighted by Gasteiger charge is 2.46. The predicted octanol–water partition coefficient (Wildman–Crippen LogP) is -5.48. The molecule has 2 aliphatic heterocycles. The second-order valence-electron chi connectivity index (χ2n) is 24.7. The van der Waals surface area contributed by atoms with E-state index in [2.05, 4.69) is 62.7 Å². The number of epoxide rings is 1. The van der Waals surface area contributed by atoms with Crippen LogP contribution in [0, 0.1) is 0 Å². The molecule has 22 N–H and O–H groups in total. The van der Waals surface area contributed by atoms with Crippen molar-refractivity contribution >= 4 is 117 Å². The molecule has 7 rings (SSSR count). The van der Waals surface area contributed by atoms with Gasteiger partial charge in [0.05, 0.1) is 45.1 Å². The van der Waals surface area contributed by atoms with Crippen LogP contribution in [0.25, 0.3) is 21.8 Å². The number of nitrogens with two attached hydrogens (primary N) is 1. The average Bonchev–Trinajstić information content (AvgIpc) is 1.51. The molecule has 106 heavy (non-hydrogen) atoms. The van der Waals surface area contributed by atoms with Gasteiger partial charge < -0.3 is 119 Å². The molecular formula is C66H80N14O26. The standard InChI is InChI=1S/C66H80N14O26/c1-3-8-46-55(106-46)65(102)77-44(27-81)61(98)79-52-29(2)105-66(103)43(20-32-25-69-37-12-7-5-10-35(32)37)76-57(94)38(17-18-48(85)86)71-64(101)54(45(83)28-104-67)78-47(84)26-70-56(93)40(21-49(87)88)75-63(100)53(30-13-15-33(82)16-14-30)80-60(97)42(23-51(91)92)73-59(96)41(22-50(89)90)72-58(95)39(74-62(52)99)19-31-24-68-36-11-6-4-9-34(31)36/h4-7,9-16,24-25,29,38-46,52-55,68-69,81-83H,3,8,17-23,26-28,67H2,1-2H3,(H,70,93)(H,71,101)(H,72,95)(H,73,96)(H,74,99)(H,75,100)(H,76,94)(H,77,102)(H,78,84)(H,79,98)(H,80,97)(H,85,86)(H,87,88)(H,89,90)(H,91,92)/t29-,38+,39-,40+,41+,42+,43?,44+,45-,46?,52-,53-,54-,55?/m1/s1. The van der Waals surface area contributed by atoms with E-state index in [1.54, 1.807) is 48.5 Å². The number of phenolic OH excluding ortho intramolecular Hbond substituents is 1. The first kappa shape index (κ1) is 81.2. The van der Waals surface area contributed by atoms with Gasteiger partial charge in [-0.15, -0.1) is 0 Å². The molecule has 3 unspecified atom stereocenters. The van der Waals surface area contributed by atoms with E-state index in [1.165, 1.54) is 12.4 Å². The smallest absolute Gasteiger partial charge is 0.329 e. The fraction of sp³-hybridized carbons (Fsp3) is 0.424. The van der Waals surface area contributed by atoms with E-state index in [1.807, 2.05) is 17.6 Å². The molecule has 40 nitrogen and oxygen atoms in total. The van der Waals surface area contributed by atoms with Crippen molar-refractivity contribution < 1.29 is 127 Å². The SMILES string of the molecule is CCCC1OC1C(=O)N[C@@H](CO)C(=O)N[C@H]1C(=O)N[C@H](Cc2c[nH]c3ccccc23)C(=O)N[C@@H](CC(=O)O)C(=O)N[C@@H](CC(=O)O)C(=O)N[C@H](c2ccc(O)cc2)C(=O)N[C@@H](CC(=O)O)C(=O)NCC(=O)N[C@H]([C@H](O)CON)C(=O)N[C@@H](CCC(=O)O)C(=O)NC(Cc2c[nH]c3ccccc23)C(=O)O[C@@H]1C. The molecule has 0 bridgehead atoms. The summed E-state index contributed by atoms with van der Waals surface area (Å²) in [6.45, 7) is -0.495. The number of aliphatic hydroxyl groups is 2. The number of ether oxygens (including phenoxy) is 2. The van der Waals surface area contributed by atoms with Crippen LogP contribution in [0.4, 0.5) is 0 Å². The van der Waals surface area contributed by atoms with Crippen molar-refractivity contribution in [3.63, 3.8) is 0 Å². The Bertz CT molecular complexity index is 4110. The van der Waals surface area contributed by atoms with Crippen LogP contribution in [-0.2, 0) is 104 Å². The molecule has 0 spiro atoms. The predicted molar refractivity (Wildman–Crippen MR) is 359 cm³/mol. The molecule has 2 fully saturated rings. The van der Waals surface area contributed by atoms with Crippen LogP contribution in [0.3, 0.4) is 0 Å². The van der Waals surface area contributed by atoms with Gasteiger partial charge in [-0.2, -0.15) is 0 Å². The number of carboxylic acid groups (broad SMARTS) is 4. The Morgan fingerprint density at radius 3 is 1.64 bits per heavy atom. The zero-order valence-corrected chi connectivity index (χ0v) is 56.6. The third-order valence-corrected chi connectivity index (χ3v) is 16.8. The van der Waals surface area contributed by atoms with Gasteiger partial charge in [0.1, 0.15) is 78.4 Å². The number of fused-ring (bicyclic) bond motifs is 2. The maximum Gasteiger partial charge on any atom is 0.329 e. The summed E-state index contributed by atoms with van der Waals surface area (Å²) in [5, 5.41) is 96.9. The van der Waals surface area contributed by atoms with Crippen LogP contribution in [-0.4, -0.2) is 239 Å². The van der Waals surface area contributed by atoms with Crippen LogP contribution < -0.4 is 64.4 Å². The van der Waals surface area contributed by atoms with E-state index in [4.69, 9.17) is 15.4 Å². The zero-order valence-electron chi connectivity index (χ0n) is 56.6. The van der Waals surface area contributed by atoms with Gasteiger partial charge in [-0.25, -0.2) is 10.7 Å². The molecule has 0 aliphatic carbocycles. The molecule has 2 saturated heterocycles. The van der Waals surface area contributed by atoms with Gasteiger partial charge in [0.2, 0.25) is 59.1 Å². The first-order chi connectivity index (χ1) is 50.4. The molecule has 40 heteroatoms. The number of carboxylic acids is 4. The van der Waals surface area contributed by atoms with Gasteiger partial charge in [-0.05, 0) is 60.7 Å². The molecule has 14 atom stereocenters. The molecule has 2 aromatic heterocycles. The molecule has 0 radical (unpaired) electrons. The van der Waals surface area contributed by atoms with E-state index >= 15 is 14.4 Å². The number of aromatic hydroxyl groups is 1. The third-order valence-electron chi connectivity index (χ3n) is 16.8. The molecule has 570 valence electrons. The lowest BCUT2D eigenvalue weighted by Gasteiger charge is -2.30. The highest BCUT2D eigenvalue weighted by molar-refractivity contribution is 6.02. The number of amides is 11. The Hall–Kier alpha value is -12.1. The fourth-order valence-corrected chi connectivity index (χ4v) is 11.3. The second kappa shape index (κ2) is 37.9. The minimum Gasteiger partial charge on any atom is -0.508 e. The summed E-state index contributed by atoms with van der Waals surface area (Å²) in [7, 11) is 0. The third kappa shape index (κ3) is 22.9. The number of aromatic amines is 2. The summed E-state index contributed by atoms with van der Waals surface area (Å²) in [5.74, 6) is -19.0. The first-order valence-corrected chi connectivity index (χ1v) is 32.9. The van der Waals surface area contributed by atoms with Gasteiger partial charge >= 0.3 is 29.8 Å². The molecule has 11 amide bonds. The number of carbonyl (C=O) groups excluding carboxylic acids is 12. The normalized spacial score (nSPS) is 24.2. The Balaban J connectivity index is 1.36. The summed E-state index contributed by atoms with van der Waals surface area (Å²) in [6.07, 6.45) is -8.80. The van der Waals surface area contributed by atoms with Crippen LogP contribution in [0.2, 0.25) is 0 Å². The summed E-state index contributed by atoms with van der Waals surface area (Å²) < 4.78 is 11.3. The molecule has 4 heterocycles. The van der Waals surface area contributed by atoms with Crippen molar-refractivity contribution in [3.05, 3.63) is 102 Å². The fourth-order valence-electron chi connectivity index (χ4n) is 11.3. The Kier molecular flexibility index (Phi) is 29.0. The molecule has 5 aromatic rings. The van der Waals surface area contributed by atoms with Crippen LogP contribution >= 0.6 is 0 Å². The number of nitrogens with one attached hydrogen (secondary N) is 13. The number of hydrogen-bond donors (Lipinski definition) is 21. The second-order valence-corrected chi connectivity index (χ2v) is 24.7. The summed E-state index contributed by atoms with van der Waals surface area (Å²) >= 11 is 0. The summed E-state index contributed by atoms with van der Waals surface area (Å²) in [6, 6.07) is -4.45. The highest BCUT2D eigenvalue weighted by atomic mass is 16.6. The van der Waals surface area contributed by atoms with Gasteiger partial charge in [0, 0.05) is 53.5 Å². The van der Waals surface area contributed by atoms with Crippen molar-refractivity contribution in [1.82, 2.24) is 68.5 Å². The lowest BCUT2D eigenvalue weighted by atomic mass is 10.0. The number of rotatable bonds is 24. The van der Waals surface area contributed by atoms with Crippen LogP contribution in [0.5, 0.6) is 5.75 Å². The minimum absolute atomic E-state index is 0.241. The first-order valence-electron chi connectivity index (χ1n) is 32.9. The number of para-hydroxylation sites is 2. The van der Waals surface area contributed by atoms with Crippen molar-refractivity contribution in [2.75, 3.05) is 19.8 Å². The van der Waals surface area contributed by atoms with Crippen LogP contribution in [0.15, 0.2) is 85.2 Å². The molecule has 3 aromatic carbocycles. The maximum absolute atomic E-state index is 15.3. The summed E-state index contributed by atoms with van der Waals surface area (Å²) in [5.41, 5.74) is 1.20. The average molecular weight is 1490 g/mol. The van der Waals surface area contributed by atoms with E-state index < -0.39 is 250 Å². The number of aromatic nitrogens is 2. The van der Waals surface area contributed by atoms with Crippen LogP contribution in [0.1, 0.15) is 81.5 Å². The number of cyclic esters (lactones) is 1. The Morgan fingerprint density at radius 2 is 1.09 bits per heavy atom. The summed E-state index contributed by atoms with van der Waals surface area (Å²) in [4.78, 5) is 233. The van der Waals surface area contributed by atoms with E-state index in [-0.39, 0.29) is 16.7 Å². The number of carbonyl (C=O) groups is 16. The number of H-pyrrole nitrogens is 2. The van der Waals surface area contributed by atoms with Crippen molar-refractivity contribution in [2.45, 2.75) is 156 Å². The number of aliphatic hydroxyl groups excluding tert-OH is 2. The monoisotopic (exact) mass is 1480 g/mol. The minimum atomic E-state index is -2.34. The quantitative estimate of drug-likeness (QED) is 0.0156. The lowest BCUT2D eigenvalue weighted by Crippen LogP contribution is -2.63. The maximum atomic E-state index is 15.3. The van der Waals surface area contributed by atoms with Gasteiger partial charge in [0.15, 0.2) is 6.10 Å². The van der Waals surface area contributed by atoms with E-state index in [9.17, 15) is 98.1 Å². The number of aliphatic carboxylic acids is 4. The van der Waals surface area contributed by atoms with Gasteiger partial charge in [-0.1, -0.05) is 61.9 Å². The van der Waals surface area contributed by atoms with Gasteiger partial charge in [0.25, 0.3) is 5.91 Å². The van der Waals surface area contributed by atoms with Crippen molar-refractivity contribution in [2.24, 2.45) is 5.90 Å². The Labute approximate surface area is 599 Å². The van der Waals surface area contributed by atoms with E-state index in [0.717, 1.165) is 31.2 Å². The van der Waals surface area contributed by atoms with E-state index in [0.29, 0.717) is 34.6 Å². The number of esters is 1. The number of hydrogen-bond acceptors (Lipinski definition) is 23. The van der Waals surface area contributed by atoms with Gasteiger partial charge in [-0.3, -0.25) is 71.9 Å². The number of phenols is 1. The highest BCUT2D eigenvalue weighted by Crippen LogP contribution is 2.27. The lowest BCUT2D eigenvalue weighted by molar-refractivity contribution is -0.156. The largest absolute Gasteiger partial charge is 0.508 e.